The van der Waals surface area contributed by atoms with Crippen molar-refractivity contribution in [2.75, 3.05) is 7.05 Å². The van der Waals surface area contributed by atoms with Crippen molar-refractivity contribution in [2.24, 2.45) is 5.92 Å². The molecule has 1 atom stereocenters. The van der Waals surface area contributed by atoms with Crippen LogP contribution in [-0.4, -0.2) is 7.05 Å². The van der Waals surface area contributed by atoms with E-state index < -0.39 is 0 Å². The molecule has 0 aliphatic heterocycles. The van der Waals surface area contributed by atoms with Crippen LogP contribution >= 0.6 is 11.3 Å². The molecule has 100 valence electrons. The Morgan fingerprint density at radius 3 is 2.89 bits per heavy atom. The molecule has 1 unspecified atom stereocenters. The number of hydrogen-bond donors (Lipinski definition) is 1. The number of nitrogens with one attached hydrogen (secondary N) is 1. The molecule has 1 N–H and O–H groups in total. The van der Waals surface area contributed by atoms with Crippen molar-refractivity contribution in [3.8, 4) is 0 Å². The number of hydrogen-bond acceptors (Lipinski definition) is 2. The lowest BCUT2D eigenvalue weighted by molar-refractivity contribution is 0.512. The van der Waals surface area contributed by atoms with Gasteiger partial charge in [0.25, 0.3) is 0 Å². The quantitative estimate of drug-likeness (QED) is 0.773. The summed E-state index contributed by atoms with van der Waals surface area (Å²) >= 11 is 2.09. The van der Waals surface area contributed by atoms with Gasteiger partial charge in [0.1, 0.15) is 0 Å². The molecule has 2 aliphatic rings. The van der Waals surface area contributed by atoms with E-state index in [1.54, 1.807) is 15.3 Å². The Morgan fingerprint density at radius 1 is 1.28 bits per heavy atom. The van der Waals surface area contributed by atoms with Crippen LogP contribution in [-0.2, 0) is 12.8 Å². The zero-order valence-electron chi connectivity index (χ0n) is 11.5. The van der Waals surface area contributed by atoms with E-state index in [-0.39, 0.29) is 0 Å². The first-order chi connectivity index (χ1) is 8.86. The number of rotatable bonds is 5. The molecule has 0 saturated heterocycles. The SMILES string of the molecule is CNC(CCC1CC1)c1cc2c(s1)CCCCC2. The molecule has 1 heterocycles. The molecule has 0 aromatic carbocycles. The Bertz CT molecular complexity index is 368. The van der Waals surface area contributed by atoms with Gasteiger partial charge in [-0.05, 0) is 63.1 Å². The molecule has 2 aliphatic carbocycles. The van der Waals surface area contributed by atoms with Crippen molar-refractivity contribution in [1.82, 2.24) is 5.32 Å². The van der Waals surface area contributed by atoms with E-state index in [4.69, 9.17) is 0 Å². The lowest BCUT2D eigenvalue weighted by Crippen LogP contribution is -2.15. The molecule has 3 rings (SSSR count). The number of thiophene rings is 1. The smallest absolute Gasteiger partial charge is 0.0412 e. The zero-order valence-corrected chi connectivity index (χ0v) is 12.3. The maximum atomic E-state index is 3.54. The molecule has 1 aromatic rings. The number of aryl methyl sites for hydroxylation is 2. The third-order valence-corrected chi connectivity index (χ3v) is 5.87. The second kappa shape index (κ2) is 5.75. The van der Waals surface area contributed by atoms with Crippen molar-refractivity contribution in [2.45, 2.75) is 63.8 Å². The van der Waals surface area contributed by atoms with Crippen molar-refractivity contribution in [3.05, 3.63) is 21.4 Å². The highest BCUT2D eigenvalue weighted by atomic mass is 32.1. The molecular weight excluding hydrogens is 238 g/mol. The predicted molar refractivity (Wildman–Crippen MR) is 79.3 cm³/mol. The zero-order chi connectivity index (χ0) is 12.4. The monoisotopic (exact) mass is 263 g/mol. The Labute approximate surface area is 115 Å². The Balaban J connectivity index is 1.68. The molecule has 0 amide bonds. The predicted octanol–water partition coefficient (Wildman–Crippen LogP) is 4.47. The average Bonchev–Trinajstić information content (AvgIpc) is 3.16. The maximum Gasteiger partial charge on any atom is 0.0412 e. The lowest BCUT2D eigenvalue weighted by Gasteiger charge is -2.14. The molecule has 18 heavy (non-hydrogen) atoms. The highest BCUT2D eigenvalue weighted by molar-refractivity contribution is 7.12. The van der Waals surface area contributed by atoms with Crippen molar-refractivity contribution < 1.29 is 0 Å². The first-order valence-electron chi connectivity index (χ1n) is 7.65. The third-order valence-electron chi connectivity index (χ3n) is 4.52. The fourth-order valence-corrected chi connectivity index (χ4v) is 4.50. The Hall–Kier alpha value is -0.340. The molecule has 1 fully saturated rings. The van der Waals surface area contributed by atoms with Crippen LogP contribution in [0.1, 0.15) is 66.3 Å². The summed E-state index contributed by atoms with van der Waals surface area (Å²) in [7, 11) is 2.13. The summed E-state index contributed by atoms with van der Waals surface area (Å²) in [4.78, 5) is 3.29. The van der Waals surface area contributed by atoms with E-state index in [1.165, 1.54) is 57.8 Å². The molecule has 1 nitrogen and oxygen atoms in total. The summed E-state index contributed by atoms with van der Waals surface area (Å²) in [6, 6.07) is 3.13. The molecular formula is C16H25NS. The van der Waals surface area contributed by atoms with Gasteiger partial charge in [0, 0.05) is 15.8 Å². The van der Waals surface area contributed by atoms with Crippen molar-refractivity contribution >= 4 is 11.3 Å². The fourth-order valence-electron chi connectivity index (χ4n) is 3.10. The molecule has 0 bridgehead atoms. The first kappa shape index (κ1) is 12.7. The van der Waals surface area contributed by atoms with Crippen molar-refractivity contribution in [1.29, 1.82) is 0 Å². The molecule has 2 heteroatoms. The van der Waals surface area contributed by atoms with Crippen LogP contribution in [0.25, 0.3) is 0 Å². The maximum absolute atomic E-state index is 3.54. The van der Waals surface area contributed by atoms with Gasteiger partial charge in [-0.15, -0.1) is 11.3 Å². The van der Waals surface area contributed by atoms with Crippen LogP contribution < -0.4 is 5.32 Å². The minimum absolute atomic E-state index is 0.613. The van der Waals surface area contributed by atoms with Gasteiger partial charge in [-0.3, -0.25) is 0 Å². The molecule has 0 radical (unpaired) electrons. The van der Waals surface area contributed by atoms with E-state index in [1.807, 2.05) is 0 Å². The van der Waals surface area contributed by atoms with E-state index in [2.05, 4.69) is 29.8 Å². The van der Waals surface area contributed by atoms with E-state index in [9.17, 15) is 0 Å². The summed E-state index contributed by atoms with van der Waals surface area (Å²) in [6.07, 6.45) is 12.6. The third kappa shape index (κ3) is 2.97. The average molecular weight is 263 g/mol. The molecule has 1 aromatic heterocycles. The fraction of sp³-hybridized carbons (Fsp3) is 0.750. The van der Waals surface area contributed by atoms with E-state index in [0.29, 0.717) is 6.04 Å². The highest BCUT2D eigenvalue weighted by Gasteiger charge is 2.24. The summed E-state index contributed by atoms with van der Waals surface area (Å²) in [6.45, 7) is 0. The van der Waals surface area contributed by atoms with Crippen LogP contribution in [0, 0.1) is 5.92 Å². The van der Waals surface area contributed by atoms with Crippen LogP contribution in [0.15, 0.2) is 6.07 Å². The molecule has 0 spiro atoms. The summed E-state index contributed by atoms with van der Waals surface area (Å²) < 4.78 is 0. The second-order valence-corrected chi connectivity index (χ2v) is 7.19. The highest BCUT2D eigenvalue weighted by Crippen LogP contribution is 2.38. The molecule has 1 saturated carbocycles. The summed E-state index contributed by atoms with van der Waals surface area (Å²) in [5.74, 6) is 1.05. The van der Waals surface area contributed by atoms with Gasteiger partial charge in [-0.2, -0.15) is 0 Å². The van der Waals surface area contributed by atoms with Crippen LogP contribution in [0.3, 0.4) is 0 Å². The van der Waals surface area contributed by atoms with Crippen LogP contribution in [0.4, 0.5) is 0 Å². The second-order valence-electron chi connectivity index (χ2n) is 6.02. The largest absolute Gasteiger partial charge is 0.312 e. The lowest BCUT2D eigenvalue weighted by atomic mass is 10.1. The summed E-state index contributed by atoms with van der Waals surface area (Å²) in [5.41, 5.74) is 1.67. The summed E-state index contributed by atoms with van der Waals surface area (Å²) in [5, 5.41) is 3.54. The van der Waals surface area contributed by atoms with Gasteiger partial charge >= 0.3 is 0 Å². The van der Waals surface area contributed by atoms with Gasteiger partial charge in [0.15, 0.2) is 0 Å². The Morgan fingerprint density at radius 2 is 2.11 bits per heavy atom. The van der Waals surface area contributed by atoms with Gasteiger partial charge in [0.05, 0.1) is 0 Å². The van der Waals surface area contributed by atoms with E-state index >= 15 is 0 Å². The first-order valence-corrected chi connectivity index (χ1v) is 8.47. The minimum Gasteiger partial charge on any atom is -0.312 e. The van der Waals surface area contributed by atoms with Crippen molar-refractivity contribution in [3.63, 3.8) is 0 Å². The standard InChI is InChI=1S/C16H25NS/c1-17-14(10-9-12-7-8-12)16-11-13-5-3-2-4-6-15(13)18-16/h11-12,14,17H,2-10H2,1H3. The van der Waals surface area contributed by atoms with Gasteiger partial charge in [-0.25, -0.2) is 0 Å². The van der Waals surface area contributed by atoms with Crippen LogP contribution in [0.5, 0.6) is 0 Å². The Kier molecular flexibility index (Phi) is 4.05. The normalized spacial score (nSPS) is 21.4. The van der Waals surface area contributed by atoms with Gasteiger partial charge in [0.2, 0.25) is 0 Å². The topological polar surface area (TPSA) is 12.0 Å². The van der Waals surface area contributed by atoms with Gasteiger partial charge < -0.3 is 5.32 Å². The van der Waals surface area contributed by atoms with Gasteiger partial charge in [-0.1, -0.05) is 19.3 Å². The number of fused-ring (bicyclic) bond motifs is 1. The van der Waals surface area contributed by atoms with E-state index in [0.717, 1.165) is 5.92 Å². The van der Waals surface area contributed by atoms with Crippen LogP contribution in [0.2, 0.25) is 0 Å². The minimum atomic E-state index is 0.613.